The molecule has 0 aliphatic heterocycles. The standard InChI is InChI=1S/2C7H16NO.Ni/c2*1-4-7(9)8(5-2)6-3;/h2*7H,4-6H2,1-3H3;/q2*-1;+2. The van der Waals surface area contributed by atoms with Crippen LogP contribution in [0.5, 0.6) is 0 Å². The summed E-state index contributed by atoms with van der Waals surface area (Å²) in [5.41, 5.74) is 0. The molecule has 0 aliphatic carbocycles. The molecule has 0 aromatic rings. The molecule has 0 radical (unpaired) electrons. The molecule has 2 atom stereocenters. The van der Waals surface area contributed by atoms with Crippen molar-refractivity contribution in [3.63, 3.8) is 0 Å². The molecule has 19 heavy (non-hydrogen) atoms. The normalized spacial score (nSPS) is 15.4. The van der Waals surface area contributed by atoms with Gasteiger partial charge in [-0.3, -0.25) is 0 Å². The maximum absolute atomic E-state index is 5.82. The van der Waals surface area contributed by atoms with Crippen molar-refractivity contribution in [1.29, 1.82) is 0 Å². The molecule has 0 amide bonds. The van der Waals surface area contributed by atoms with Crippen LogP contribution in [0.2, 0.25) is 0 Å². The van der Waals surface area contributed by atoms with E-state index in [0.717, 1.165) is 54.1 Å². The van der Waals surface area contributed by atoms with Gasteiger partial charge in [0.05, 0.1) is 0 Å². The third kappa shape index (κ3) is 7.05. The van der Waals surface area contributed by atoms with E-state index in [-0.39, 0.29) is 12.5 Å². The number of hydrogen-bond donors (Lipinski definition) is 0. The molecule has 0 aliphatic rings. The van der Waals surface area contributed by atoms with E-state index in [2.05, 4.69) is 51.3 Å². The zero-order valence-corrected chi connectivity index (χ0v) is 14.4. The van der Waals surface area contributed by atoms with E-state index < -0.39 is 0 Å². The second kappa shape index (κ2) is 12.1. The summed E-state index contributed by atoms with van der Waals surface area (Å²) < 4.78 is 11.6. The molecular weight excluding hydrogens is 287 g/mol. The van der Waals surface area contributed by atoms with Crippen molar-refractivity contribution in [2.24, 2.45) is 0 Å². The molecule has 0 bridgehead atoms. The van der Waals surface area contributed by atoms with E-state index in [1.165, 1.54) is 0 Å². The van der Waals surface area contributed by atoms with Crippen molar-refractivity contribution in [3.05, 3.63) is 0 Å². The molecule has 0 N–H and O–H groups in total. The molecule has 0 fully saturated rings. The van der Waals surface area contributed by atoms with Gasteiger partial charge >= 0.3 is 126 Å². The molecule has 0 rings (SSSR count). The Labute approximate surface area is 126 Å². The van der Waals surface area contributed by atoms with Gasteiger partial charge in [-0.2, -0.15) is 0 Å². The quantitative estimate of drug-likeness (QED) is 0.408. The Morgan fingerprint density at radius 3 is 1.21 bits per heavy atom. The fourth-order valence-corrected chi connectivity index (χ4v) is 2.96. The predicted molar refractivity (Wildman–Crippen MR) is 76.2 cm³/mol. The van der Waals surface area contributed by atoms with Gasteiger partial charge in [0, 0.05) is 0 Å². The second-order valence-corrected chi connectivity index (χ2v) is 5.00. The zero-order valence-electron chi connectivity index (χ0n) is 13.4. The van der Waals surface area contributed by atoms with Crippen LogP contribution in [-0.4, -0.2) is 48.4 Å². The molecule has 0 saturated carbocycles. The molecule has 2 unspecified atom stereocenters. The summed E-state index contributed by atoms with van der Waals surface area (Å²) in [5, 5.41) is 0. The molecule has 0 spiro atoms. The summed E-state index contributed by atoms with van der Waals surface area (Å²) in [6, 6.07) is 0. The van der Waals surface area contributed by atoms with Crippen LogP contribution in [0.15, 0.2) is 0 Å². The van der Waals surface area contributed by atoms with Gasteiger partial charge in [0.1, 0.15) is 0 Å². The number of rotatable bonds is 12. The van der Waals surface area contributed by atoms with Gasteiger partial charge < -0.3 is 0 Å². The fourth-order valence-electron chi connectivity index (χ4n) is 2.07. The van der Waals surface area contributed by atoms with E-state index in [4.69, 9.17) is 7.76 Å². The summed E-state index contributed by atoms with van der Waals surface area (Å²) in [7, 11) is 0. The first-order valence-electron chi connectivity index (χ1n) is 7.57. The Morgan fingerprint density at radius 1 is 0.684 bits per heavy atom. The Kier molecular flexibility index (Phi) is 12.3. The van der Waals surface area contributed by atoms with Gasteiger partial charge in [0.25, 0.3) is 0 Å². The van der Waals surface area contributed by atoms with Crippen molar-refractivity contribution in [2.75, 3.05) is 26.2 Å². The van der Waals surface area contributed by atoms with Crippen molar-refractivity contribution in [3.8, 4) is 0 Å². The first kappa shape index (κ1) is 19.3. The average Bonchev–Trinajstić information content (AvgIpc) is 2.45. The van der Waals surface area contributed by atoms with E-state index in [1.807, 2.05) is 0 Å². The van der Waals surface area contributed by atoms with Crippen LogP contribution in [-0.2, 0) is 22.8 Å². The molecule has 5 heteroatoms. The van der Waals surface area contributed by atoms with E-state index >= 15 is 0 Å². The summed E-state index contributed by atoms with van der Waals surface area (Å²) >= 11 is 0.960. The van der Waals surface area contributed by atoms with Crippen LogP contribution in [0.25, 0.3) is 0 Å². The summed E-state index contributed by atoms with van der Waals surface area (Å²) in [6.07, 6.45) is 2.24. The average molecular weight is 319 g/mol. The minimum absolute atomic E-state index is 0.143. The van der Waals surface area contributed by atoms with Crippen molar-refractivity contribution >= 4 is 0 Å². The number of nitrogens with zero attached hydrogens (tertiary/aromatic N) is 2. The summed E-state index contributed by atoms with van der Waals surface area (Å²) in [5.74, 6) is 0. The van der Waals surface area contributed by atoms with Crippen molar-refractivity contribution < 1.29 is 22.8 Å². The Morgan fingerprint density at radius 2 is 1.00 bits per heavy atom. The van der Waals surface area contributed by atoms with Gasteiger partial charge in [-0.1, -0.05) is 0 Å². The summed E-state index contributed by atoms with van der Waals surface area (Å²) in [6.45, 7) is 17.0. The fraction of sp³-hybridized carbons (Fsp3) is 1.00. The third-order valence-electron chi connectivity index (χ3n) is 3.37. The van der Waals surface area contributed by atoms with Gasteiger partial charge in [-0.25, -0.2) is 0 Å². The third-order valence-corrected chi connectivity index (χ3v) is 4.10. The van der Waals surface area contributed by atoms with Crippen LogP contribution in [0.4, 0.5) is 0 Å². The van der Waals surface area contributed by atoms with Gasteiger partial charge in [-0.05, 0) is 0 Å². The molecule has 0 aromatic carbocycles. The molecule has 4 nitrogen and oxygen atoms in total. The van der Waals surface area contributed by atoms with Crippen LogP contribution in [0.3, 0.4) is 0 Å². The van der Waals surface area contributed by atoms with Crippen LogP contribution in [0, 0.1) is 0 Å². The predicted octanol–water partition coefficient (Wildman–Crippen LogP) is 3.09. The number of hydrogen-bond acceptors (Lipinski definition) is 4. The van der Waals surface area contributed by atoms with Gasteiger partial charge in [0.15, 0.2) is 0 Å². The van der Waals surface area contributed by atoms with Crippen LogP contribution < -0.4 is 0 Å². The van der Waals surface area contributed by atoms with Gasteiger partial charge in [0.2, 0.25) is 0 Å². The van der Waals surface area contributed by atoms with Crippen molar-refractivity contribution in [1.82, 2.24) is 9.80 Å². The zero-order chi connectivity index (χ0) is 14.7. The molecule has 0 heterocycles. The second-order valence-electron chi connectivity index (χ2n) is 4.37. The minimum atomic E-state index is 0.143. The summed E-state index contributed by atoms with van der Waals surface area (Å²) in [4.78, 5) is 4.61. The Balaban J connectivity index is 4.15. The first-order chi connectivity index (χ1) is 9.18. The topological polar surface area (TPSA) is 24.9 Å². The molecule has 0 aromatic heterocycles. The Hall–Kier alpha value is 0.334. The van der Waals surface area contributed by atoms with Gasteiger partial charge in [-0.15, -0.1) is 0 Å². The monoisotopic (exact) mass is 318 g/mol. The SMILES string of the molecule is CCC([O][Ni][O]C(CC)N(CC)CC)N(CC)CC. The Bertz CT molecular complexity index is 180. The molecule has 120 valence electrons. The maximum atomic E-state index is 5.82. The van der Waals surface area contributed by atoms with Crippen LogP contribution >= 0.6 is 0 Å². The molecule has 0 saturated heterocycles. The first-order valence-corrected chi connectivity index (χ1v) is 8.38. The molecular formula is C14H32N2NiO2. The van der Waals surface area contributed by atoms with Crippen LogP contribution in [0.1, 0.15) is 54.4 Å². The van der Waals surface area contributed by atoms with E-state index in [0.29, 0.717) is 0 Å². The van der Waals surface area contributed by atoms with E-state index in [9.17, 15) is 0 Å². The van der Waals surface area contributed by atoms with E-state index in [1.54, 1.807) is 0 Å². The van der Waals surface area contributed by atoms with Crippen molar-refractivity contribution in [2.45, 2.75) is 66.8 Å².